The third-order valence-electron chi connectivity index (χ3n) is 2.19. The minimum atomic E-state index is -0.593. The van der Waals surface area contributed by atoms with Gasteiger partial charge < -0.3 is 5.73 Å². The molecular formula is C11H21BrN2O. The predicted octanol–water partition coefficient (Wildman–Crippen LogP) is 3.65. The number of carbonyl (C=O) groups is 1. The highest BCUT2D eigenvalue weighted by Gasteiger charge is 1.91. The van der Waals surface area contributed by atoms with Gasteiger partial charge in [-0.2, -0.15) is 0 Å². The third-order valence-corrected chi connectivity index (χ3v) is 2.75. The lowest BCUT2D eigenvalue weighted by Gasteiger charge is -1.99. The maximum Gasteiger partial charge on any atom is 0.337 e. The summed E-state index contributed by atoms with van der Waals surface area (Å²) in [4.78, 5) is 13.7. The van der Waals surface area contributed by atoms with E-state index in [0.717, 1.165) is 18.2 Å². The van der Waals surface area contributed by atoms with E-state index in [-0.39, 0.29) is 0 Å². The molecule has 0 spiro atoms. The summed E-state index contributed by atoms with van der Waals surface area (Å²) in [5.74, 6) is 0. The van der Waals surface area contributed by atoms with Crippen LogP contribution in [0.3, 0.4) is 0 Å². The number of amides is 2. The van der Waals surface area contributed by atoms with Crippen LogP contribution in [0.1, 0.15) is 51.4 Å². The van der Waals surface area contributed by atoms with Gasteiger partial charge in [-0.3, -0.25) is 0 Å². The Labute approximate surface area is 101 Å². The Kier molecular flexibility index (Phi) is 11.4. The normalized spacial score (nSPS) is 11.0. The fraction of sp³-hybridized carbons (Fsp3) is 0.818. The molecule has 88 valence electrons. The zero-order valence-corrected chi connectivity index (χ0v) is 10.8. The molecule has 15 heavy (non-hydrogen) atoms. The number of nitrogens with zero attached hydrogens (tertiary/aromatic N) is 1. The minimum Gasteiger partial charge on any atom is -0.350 e. The molecule has 0 fully saturated rings. The van der Waals surface area contributed by atoms with E-state index in [1.165, 1.54) is 38.5 Å². The number of halogens is 1. The first-order valence-electron chi connectivity index (χ1n) is 5.65. The number of rotatable bonds is 9. The summed E-state index contributed by atoms with van der Waals surface area (Å²) in [5.41, 5.74) is 4.86. The van der Waals surface area contributed by atoms with Crippen LogP contribution in [0.5, 0.6) is 0 Å². The molecule has 2 amide bonds. The summed E-state index contributed by atoms with van der Waals surface area (Å²) in [7, 11) is 0. The number of nitrogens with two attached hydrogens (primary N) is 1. The van der Waals surface area contributed by atoms with E-state index in [9.17, 15) is 4.79 Å². The van der Waals surface area contributed by atoms with E-state index in [1.54, 1.807) is 6.21 Å². The Bertz CT molecular complexity index is 183. The Morgan fingerprint density at radius 1 is 1.07 bits per heavy atom. The van der Waals surface area contributed by atoms with Gasteiger partial charge in [-0.1, -0.05) is 48.0 Å². The Balaban J connectivity index is 3.02. The topological polar surface area (TPSA) is 55.5 Å². The first kappa shape index (κ1) is 14.6. The van der Waals surface area contributed by atoms with Gasteiger partial charge >= 0.3 is 6.03 Å². The first-order chi connectivity index (χ1) is 7.27. The van der Waals surface area contributed by atoms with Crippen LogP contribution in [0.4, 0.5) is 4.79 Å². The SMILES string of the molecule is NC(=O)/N=C/CCCCCCCCCBr. The monoisotopic (exact) mass is 276 g/mol. The van der Waals surface area contributed by atoms with Crippen molar-refractivity contribution in [3.63, 3.8) is 0 Å². The number of aliphatic imine (C=N–C) groups is 1. The van der Waals surface area contributed by atoms with E-state index < -0.39 is 6.03 Å². The van der Waals surface area contributed by atoms with Gasteiger partial charge in [-0.25, -0.2) is 9.79 Å². The number of primary amides is 1. The quantitative estimate of drug-likeness (QED) is 0.390. The molecule has 0 atom stereocenters. The average molecular weight is 277 g/mol. The van der Waals surface area contributed by atoms with Crippen molar-refractivity contribution in [2.45, 2.75) is 51.4 Å². The van der Waals surface area contributed by atoms with E-state index in [0.29, 0.717) is 0 Å². The minimum absolute atomic E-state index is 0.593. The van der Waals surface area contributed by atoms with Crippen molar-refractivity contribution in [1.82, 2.24) is 0 Å². The number of hydrogen-bond donors (Lipinski definition) is 1. The molecule has 0 bridgehead atoms. The second-order valence-corrected chi connectivity index (χ2v) is 4.40. The summed E-state index contributed by atoms with van der Waals surface area (Å²) in [6.07, 6.45) is 11.4. The highest BCUT2D eigenvalue weighted by Crippen LogP contribution is 2.08. The molecule has 0 rings (SSSR count). The van der Waals surface area contributed by atoms with Crippen LogP contribution in [0.15, 0.2) is 4.99 Å². The molecule has 2 N–H and O–H groups in total. The Hall–Kier alpha value is -0.380. The molecule has 0 aromatic heterocycles. The van der Waals surface area contributed by atoms with Gasteiger partial charge in [0.1, 0.15) is 0 Å². The van der Waals surface area contributed by atoms with Crippen molar-refractivity contribution < 1.29 is 4.79 Å². The van der Waals surface area contributed by atoms with Gasteiger partial charge in [0, 0.05) is 11.5 Å². The fourth-order valence-electron chi connectivity index (χ4n) is 1.37. The van der Waals surface area contributed by atoms with Crippen LogP contribution >= 0.6 is 15.9 Å². The molecule has 0 aromatic rings. The van der Waals surface area contributed by atoms with E-state index >= 15 is 0 Å². The van der Waals surface area contributed by atoms with Crippen molar-refractivity contribution in [3.05, 3.63) is 0 Å². The maximum absolute atomic E-state index is 10.3. The van der Waals surface area contributed by atoms with Crippen LogP contribution in [0, 0.1) is 0 Å². The molecule has 0 aliphatic carbocycles. The molecule has 0 aliphatic heterocycles. The molecule has 4 heteroatoms. The summed E-state index contributed by atoms with van der Waals surface area (Å²) >= 11 is 3.42. The van der Waals surface area contributed by atoms with Crippen molar-refractivity contribution in [3.8, 4) is 0 Å². The molecule has 0 aromatic carbocycles. The Morgan fingerprint density at radius 3 is 2.13 bits per heavy atom. The van der Waals surface area contributed by atoms with Gasteiger partial charge in [0.2, 0.25) is 0 Å². The lowest BCUT2D eigenvalue weighted by molar-refractivity contribution is 0.257. The molecule has 3 nitrogen and oxygen atoms in total. The predicted molar refractivity (Wildman–Crippen MR) is 68.8 cm³/mol. The van der Waals surface area contributed by atoms with Gasteiger partial charge in [0.05, 0.1) is 0 Å². The number of unbranched alkanes of at least 4 members (excludes halogenated alkanes) is 7. The van der Waals surface area contributed by atoms with Gasteiger partial charge in [-0.05, 0) is 19.3 Å². The lowest BCUT2D eigenvalue weighted by Crippen LogP contribution is -2.03. The highest BCUT2D eigenvalue weighted by atomic mass is 79.9. The number of urea groups is 1. The maximum atomic E-state index is 10.3. The van der Waals surface area contributed by atoms with Gasteiger partial charge in [0.15, 0.2) is 0 Å². The van der Waals surface area contributed by atoms with Crippen LogP contribution in [-0.2, 0) is 0 Å². The standard InChI is InChI=1S/C11H21BrN2O/c12-9-7-5-3-1-2-4-6-8-10-14-11(13)15/h10H,1-9H2,(H2,13,15)/b14-10+. The zero-order chi connectivity index (χ0) is 11.4. The second-order valence-electron chi connectivity index (χ2n) is 3.60. The molecule has 0 saturated carbocycles. The van der Waals surface area contributed by atoms with Crippen molar-refractivity contribution >= 4 is 28.2 Å². The van der Waals surface area contributed by atoms with E-state index in [4.69, 9.17) is 5.73 Å². The van der Waals surface area contributed by atoms with Crippen LogP contribution in [-0.4, -0.2) is 17.6 Å². The van der Waals surface area contributed by atoms with Gasteiger partial charge in [0.25, 0.3) is 0 Å². The molecular weight excluding hydrogens is 256 g/mol. The molecule has 0 saturated heterocycles. The number of alkyl halides is 1. The third kappa shape index (κ3) is 13.6. The molecule has 0 radical (unpaired) electrons. The van der Waals surface area contributed by atoms with Crippen molar-refractivity contribution in [2.75, 3.05) is 5.33 Å². The fourth-order valence-corrected chi connectivity index (χ4v) is 1.77. The highest BCUT2D eigenvalue weighted by molar-refractivity contribution is 9.09. The summed E-state index contributed by atoms with van der Waals surface area (Å²) in [5, 5.41) is 1.12. The lowest BCUT2D eigenvalue weighted by atomic mass is 10.1. The smallest absolute Gasteiger partial charge is 0.337 e. The van der Waals surface area contributed by atoms with Crippen LogP contribution < -0.4 is 5.73 Å². The van der Waals surface area contributed by atoms with Crippen LogP contribution in [0.2, 0.25) is 0 Å². The Morgan fingerprint density at radius 2 is 1.60 bits per heavy atom. The van der Waals surface area contributed by atoms with Crippen molar-refractivity contribution in [1.29, 1.82) is 0 Å². The van der Waals surface area contributed by atoms with E-state index in [2.05, 4.69) is 20.9 Å². The molecule has 0 unspecified atom stereocenters. The molecule has 0 heterocycles. The first-order valence-corrected chi connectivity index (χ1v) is 6.77. The average Bonchev–Trinajstić information content (AvgIpc) is 2.20. The number of carbonyl (C=O) groups excluding carboxylic acids is 1. The van der Waals surface area contributed by atoms with Crippen molar-refractivity contribution in [2.24, 2.45) is 10.7 Å². The number of hydrogen-bond acceptors (Lipinski definition) is 1. The van der Waals surface area contributed by atoms with Gasteiger partial charge in [-0.15, -0.1) is 0 Å². The summed E-state index contributed by atoms with van der Waals surface area (Å²) in [6, 6.07) is -0.593. The largest absolute Gasteiger partial charge is 0.350 e. The summed E-state index contributed by atoms with van der Waals surface area (Å²) in [6.45, 7) is 0. The van der Waals surface area contributed by atoms with Crippen LogP contribution in [0.25, 0.3) is 0 Å². The van der Waals surface area contributed by atoms with E-state index in [1.807, 2.05) is 0 Å². The zero-order valence-electron chi connectivity index (χ0n) is 9.25. The summed E-state index contributed by atoms with van der Waals surface area (Å²) < 4.78 is 0. The second kappa shape index (κ2) is 11.7. The molecule has 0 aliphatic rings.